The van der Waals surface area contributed by atoms with Gasteiger partial charge in [0, 0.05) is 50.4 Å². The molecule has 2 fully saturated rings. The van der Waals surface area contributed by atoms with E-state index in [9.17, 15) is 18.0 Å². The first-order valence-corrected chi connectivity index (χ1v) is 12.7. The number of rotatable bonds is 5. The molecule has 172 valence electrons. The normalized spacial score (nSPS) is 22.3. The number of halogens is 1. The maximum absolute atomic E-state index is 13.7. The van der Waals surface area contributed by atoms with Crippen LogP contribution in [0.2, 0.25) is 5.02 Å². The van der Waals surface area contributed by atoms with Gasteiger partial charge in [0.25, 0.3) is 5.91 Å². The monoisotopic (exact) mass is 477 g/mol. The summed E-state index contributed by atoms with van der Waals surface area (Å²) in [6.07, 6.45) is 5.54. The van der Waals surface area contributed by atoms with Crippen LogP contribution in [0.4, 0.5) is 0 Å². The molecule has 1 aliphatic carbocycles. The first-order chi connectivity index (χ1) is 15.2. The molecule has 9 heteroatoms. The average molecular weight is 478 g/mol. The molecule has 1 atom stereocenters. The Morgan fingerprint density at radius 2 is 1.81 bits per heavy atom. The minimum absolute atomic E-state index is 0.0492. The number of amides is 1. The molecule has 2 aromatic rings. The molecule has 1 saturated heterocycles. The van der Waals surface area contributed by atoms with E-state index in [2.05, 4.69) is 0 Å². The average Bonchev–Trinajstić information content (AvgIpc) is 3.45. The molecule has 1 saturated carbocycles. The fourth-order valence-corrected chi connectivity index (χ4v) is 6.82. The Labute approximate surface area is 194 Å². The number of sulfonamides is 1. The first-order valence-electron chi connectivity index (χ1n) is 10.9. The molecule has 0 radical (unpaired) electrons. The predicted molar refractivity (Wildman–Crippen MR) is 122 cm³/mol. The van der Waals surface area contributed by atoms with Crippen molar-refractivity contribution in [3.8, 4) is 0 Å². The standard InChI is InChI=1S/C23H28ClN3O4S/c1-25-16-17(32(30,31)27-13-7-8-14-27)15-20(25)22(29)26(2)23(12-6-5-11-21(23)28)18-9-3-4-10-19(18)24/h3-4,9-10,15-16H,5-8,11-14H2,1-2H3. The Morgan fingerprint density at radius 1 is 1.12 bits per heavy atom. The topological polar surface area (TPSA) is 79.7 Å². The summed E-state index contributed by atoms with van der Waals surface area (Å²) in [6, 6.07) is 8.54. The number of Topliss-reactive ketones (excluding diaryl/α,β-unsaturated/α-hetero) is 1. The fourth-order valence-electron chi connectivity index (χ4n) is 4.94. The zero-order valence-corrected chi connectivity index (χ0v) is 20.0. The van der Waals surface area contributed by atoms with E-state index in [1.165, 1.54) is 26.0 Å². The number of aryl methyl sites for hydroxylation is 1. The van der Waals surface area contributed by atoms with Crippen LogP contribution in [-0.2, 0) is 27.4 Å². The molecule has 0 N–H and O–H groups in total. The molecule has 2 aliphatic rings. The summed E-state index contributed by atoms with van der Waals surface area (Å²) in [4.78, 5) is 28.5. The summed E-state index contributed by atoms with van der Waals surface area (Å²) in [7, 11) is -0.400. The van der Waals surface area contributed by atoms with Gasteiger partial charge in [-0.15, -0.1) is 0 Å². The summed E-state index contributed by atoms with van der Waals surface area (Å²) in [5.41, 5.74) is -0.345. The largest absolute Gasteiger partial charge is 0.345 e. The second-order valence-electron chi connectivity index (χ2n) is 8.62. The van der Waals surface area contributed by atoms with Gasteiger partial charge in [-0.2, -0.15) is 4.31 Å². The third kappa shape index (κ3) is 3.68. The van der Waals surface area contributed by atoms with Crippen molar-refractivity contribution in [3.05, 3.63) is 52.8 Å². The van der Waals surface area contributed by atoms with Gasteiger partial charge in [-0.25, -0.2) is 8.42 Å². The van der Waals surface area contributed by atoms with Gasteiger partial charge < -0.3 is 9.47 Å². The van der Waals surface area contributed by atoms with E-state index in [0.29, 0.717) is 36.5 Å². The fraction of sp³-hybridized carbons (Fsp3) is 0.478. The van der Waals surface area contributed by atoms with Gasteiger partial charge in [0.05, 0.1) is 0 Å². The van der Waals surface area contributed by atoms with Crippen LogP contribution in [0.5, 0.6) is 0 Å². The van der Waals surface area contributed by atoms with Gasteiger partial charge in [-0.05, 0) is 44.2 Å². The van der Waals surface area contributed by atoms with Crippen LogP contribution in [0, 0.1) is 0 Å². The zero-order valence-electron chi connectivity index (χ0n) is 18.4. The molecular weight excluding hydrogens is 450 g/mol. The Balaban J connectivity index is 1.74. The molecule has 4 rings (SSSR count). The number of benzene rings is 1. The Morgan fingerprint density at radius 3 is 2.47 bits per heavy atom. The Kier molecular flexibility index (Phi) is 6.22. The lowest BCUT2D eigenvalue weighted by Crippen LogP contribution is -2.54. The summed E-state index contributed by atoms with van der Waals surface area (Å²) in [6.45, 7) is 0.981. The van der Waals surface area contributed by atoms with Crippen molar-refractivity contribution in [1.82, 2.24) is 13.8 Å². The zero-order chi connectivity index (χ0) is 23.1. The quantitative estimate of drug-likeness (QED) is 0.659. The number of aromatic nitrogens is 1. The summed E-state index contributed by atoms with van der Waals surface area (Å²) >= 11 is 6.49. The van der Waals surface area contributed by atoms with Crippen LogP contribution >= 0.6 is 11.6 Å². The second kappa shape index (κ2) is 8.65. The van der Waals surface area contributed by atoms with E-state index in [-0.39, 0.29) is 16.4 Å². The van der Waals surface area contributed by atoms with Gasteiger partial charge in [-0.1, -0.05) is 29.8 Å². The van der Waals surface area contributed by atoms with Gasteiger partial charge in [0.2, 0.25) is 10.0 Å². The van der Waals surface area contributed by atoms with Crippen LogP contribution in [0.15, 0.2) is 41.4 Å². The van der Waals surface area contributed by atoms with E-state index < -0.39 is 21.5 Å². The highest BCUT2D eigenvalue weighted by molar-refractivity contribution is 7.89. The first kappa shape index (κ1) is 23.0. The van der Waals surface area contributed by atoms with Crippen molar-refractivity contribution >= 4 is 33.3 Å². The molecule has 0 bridgehead atoms. The van der Waals surface area contributed by atoms with E-state index in [4.69, 9.17) is 11.6 Å². The maximum Gasteiger partial charge on any atom is 0.271 e. The number of ketones is 1. The summed E-state index contributed by atoms with van der Waals surface area (Å²) < 4.78 is 29.0. The molecule has 1 amide bonds. The third-order valence-corrected chi connectivity index (χ3v) is 8.95. The van der Waals surface area contributed by atoms with E-state index in [1.807, 2.05) is 6.07 Å². The van der Waals surface area contributed by atoms with Gasteiger partial charge in [0.1, 0.15) is 16.1 Å². The van der Waals surface area contributed by atoms with Gasteiger partial charge in [-0.3, -0.25) is 9.59 Å². The molecule has 1 unspecified atom stereocenters. The SMILES string of the molecule is CN(C(=O)c1cc(S(=O)(=O)N2CCCC2)cn1C)C1(c2ccccc2Cl)CCCCC1=O. The molecule has 1 aromatic carbocycles. The molecule has 0 spiro atoms. The molecule has 7 nitrogen and oxygen atoms in total. The number of hydrogen-bond acceptors (Lipinski definition) is 4. The van der Waals surface area contributed by atoms with Crippen molar-refractivity contribution in [2.24, 2.45) is 7.05 Å². The molecule has 1 aromatic heterocycles. The lowest BCUT2D eigenvalue weighted by Gasteiger charge is -2.44. The maximum atomic E-state index is 13.7. The van der Waals surface area contributed by atoms with Gasteiger partial charge >= 0.3 is 0 Å². The number of carbonyl (C=O) groups excluding carboxylic acids is 2. The van der Waals surface area contributed by atoms with Crippen molar-refractivity contribution < 1.29 is 18.0 Å². The van der Waals surface area contributed by atoms with Crippen molar-refractivity contribution in [2.75, 3.05) is 20.1 Å². The van der Waals surface area contributed by atoms with Crippen molar-refractivity contribution in [1.29, 1.82) is 0 Å². The minimum atomic E-state index is -3.66. The minimum Gasteiger partial charge on any atom is -0.345 e. The number of hydrogen-bond donors (Lipinski definition) is 0. The summed E-state index contributed by atoms with van der Waals surface area (Å²) in [5.74, 6) is -0.461. The van der Waals surface area contributed by atoms with Crippen LogP contribution < -0.4 is 0 Å². The van der Waals surface area contributed by atoms with E-state index >= 15 is 0 Å². The lowest BCUT2D eigenvalue weighted by molar-refractivity contribution is -0.132. The lowest BCUT2D eigenvalue weighted by atomic mass is 9.74. The highest BCUT2D eigenvalue weighted by atomic mass is 35.5. The smallest absolute Gasteiger partial charge is 0.271 e. The second-order valence-corrected chi connectivity index (χ2v) is 11.0. The number of carbonyl (C=O) groups is 2. The summed E-state index contributed by atoms with van der Waals surface area (Å²) in [5, 5.41) is 0.437. The molecule has 1 aliphatic heterocycles. The Hall–Kier alpha value is -2.16. The van der Waals surface area contributed by atoms with Gasteiger partial charge in [0.15, 0.2) is 5.78 Å². The molecule has 32 heavy (non-hydrogen) atoms. The van der Waals surface area contributed by atoms with Crippen molar-refractivity contribution in [3.63, 3.8) is 0 Å². The van der Waals surface area contributed by atoms with Crippen LogP contribution in [0.25, 0.3) is 0 Å². The predicted octanol–water partition coefficient (Wildman–Crippen LogP) is 3.57. The van der Waals surface area contributed by atoms with Crippen LogP contribution in [0.1, 0.15) is 54.6 Å². The number of nitrogens with zero attached hydrogens (tertiary/aromatic N) is 3. The van der Waals surface area contributed by atoms with Crippen LogP contribution in [-0.4, -0.2) is 54.0 Å². The third-order valence-electron chi connectivity index (χ3n) is 6.75. The van der Waals surface area contributed by atoms with E-state index in [1.54, 1.807) is 32.3 Å². The van der Waals surface area contributed by atoms with Crippen LogP contribution in [0.3, 0.4) is 0 Å². The molecule has 2 heterocycles. The molecular formula is C23H28ClN3O4S. The Bertz CT molecular complexity index is 1150. The van der Waals surface area contributed by atoms with E-state index in [0.717, 1.165) is 25.7 Å². The number of likely N-dealkylation sites (N-methyl/N-ethyl adjacent to an activating group) is 1. The van der Waals surface area contributed by atoms with Crippen molar-refractivity contribution in [2.45, 2.75) is 49.0 Å². The highest BCUT2D eigenvalue weighted by Gasteiger charge is 2.48. The highest BCUT2D eigenvalue weighted by Crippen LogP contribution is 2.43.